The van der Waals surface area contributed by atoms with Gasteiger partial charge in [-0.05, 0) is 28.1 Å². The van der Waals surface area contributed by atoms with Crippen LogP contribution >= 0.6 is 15.9 Å². The van der Waals surface area contributed by atoms with Gasteiger partial charge in [-0.15, -0.1) is 4.40 Å². The summed E-state index contributed by atoms with van der Waals surface area (Å²) in [5.41, 5.74) is 15.3. The molecule has 0 aliphatic carbocycles. The maximum Gasteiger partial charge on any atom is 0.288 e. The van der Waals surface area contributed by atoms with Crippen LogP contribution in [0.3, 0.4) is 0 Å². The van der Waals surface area contributed by atoms with Crippen molar-refractivity contribution in [3.05, 3.63) is 22.4 Å². The summed E-state index contributed by atoms with van der Waals surface area (Å²) in [5.74, 6) is -1.68. The summed E-state index contributed by atoms with van der Waals surface area (Å²) >= 11 is 2.83. The SMILES string of the molecule is NC(N)=NS(=O)(=O)c1cc(N)cc(Br)c1F. The molecule has 1 rings (SSSR count). The van der Waals surface area contributed by atoms with Crippen LogP contribution in [0, 0.1) is 5.82 Å². The highest BCUT2D eigenvalue weighted by molar-refractivity contribution is 9.10. The third kappa shape index (κ3) is 2.61. The fraction of sp³-hybridized carbons (Fsp3) is 0. The number of rotatable bonds is 2. The molecule has 0 unspecified atom stereocenters. The molecule has 88 valence electrons. The fourth-order valence-corrected chi connectivity index (χ4v) is 2.57. The molecule has 0 aliphatic rings. The van der Waals surface area contributed by atoms with Crippen LogP contribution in [-0.4, -0.2) is 14.4 Å². The first kappa shape index (κ1) is 12.7. The molecule has 0 spiro atoms. The molecule has 0 bridgehead atoms. The summed E-state index contributed by atoms with van der Waals surface area (Å²) in [4.78, 5) is -0.687. The number of hydrogen-bond donors (Lipinski definition) is 3. The van der Waals surface area contributed by atoms with Crippen molar-refractivity contribution in [3.8, 4) is 0 Å². The van der Waals surface area contributed by atoms with E-state index in [4.69, 9.17) is 17.2 Å². The second-order valence-electron chi connectivity index (χ2n) is 2.81. The third-order valence-electron chi connectivity index (χ3n) is 1.52. The van der Waals surface area contributed by atoms with E-state index >= 15 is 0 Å². The Bertz CT molecular complexity index is 554. The molecule has 1 aromatic rings. The number of hydrogen-bond acceptors (Lipinski definition) is 3. The van der Waals surface area contributed by atoms with Crippen LogP contribution in [0.15, 0.2) is 25.9 Å². The van der Waals surface area contributed by atoms with Gasteiger partial charge in [-0.25, -0.2) is 4.39 Å². The maximum atomic E-state index is 13.5. The molecule has 0 aromatic heterocycles. The number of sulfonamides is 1. The van der Waals surface area contributed by atoms with Gasteiger partial charge in [0.2, 0.25) is 5.96 Å². The summed E-state index contributed by atoms with van der Waals surface area (Å²) in [6.07, 6.45) is 0. The van der Waals surface area contributed by atoms with Crippen LogP contribution in [0.2, 0.25) is 0 Å². The number of nitrogens with zero attached hydrogens (tertiary/aromatic N) is 1. The predicted octanol–water partition coefficient (Wildman–Crippen LogP) is 0.132. The van der Waals surface area contributed by atoms with Crippen LogP contribution in [0.1, 0.15) is 0 Å². The second-order valence-corrected chi connectivity index (χ2v) is 5.23. The normalized spacial score (nSPS) is 11.1. The van der Waals surface area contributed by atoms with E-state index < -0.39 is 26.7 Å². The highest BCUT2D eigenvalue weighted by atomic mass is 79.9. The summed E-state index contributed by atoms with van der Waals surface area (Å²) in [6.45, 7) is 0. The lowest BCUT2D eigenvalue weighted by Crippen LogP contribution is -2.24. The van der Waals surface area contributed by atoms with Gasteiger partial charge in [-0.2, -0.15) is 8.42 Å². The first-order chi connectivity index (χ1) is 7.24. The van der Waals surface area contributed by atoms with Crippen LogP contribution < -0.4 is 17.2 Å². The van der Waals surface area contributed by atoms with Gasteiger partial charge in [0.15, 0.2) is 5.82 Å². The van der Waals surface area contributed by atoms with Gasteiger partial charge in [-0.3, -0.25) is 0 Å². The highest BCUT2D eigenvalue weighted by Gasteiger charge is 2.21. The summed E-state index contributed by atoms with van der Waals surface area (Å²) in [5, 5.41) is 0. The van der Waals surface area contributed by atoms with E-state index in [1.165, 1.54) is 6.07 Å². The van der Waals surface area contributed by atoms with E-state index in [2.05, 4.69) is 20.3 Å². The van der Waals surface area contributed by atoms with E-state index in [0.717, 1.165) is 6.07 Å². The second kappa shape index (κ2) is 4.26. The Balaban J connectivity index is 3.51. The highest BCUT2D eigenvalue weighted by Crippen LogP contribution is 2.27. The largest absolute Gasteiger partial charge is 0.399 e. The number of guanidine groups is 1. The molecule has 16 heavy (non-hydrogen) atoms. The first-order valence-corrected chi connectivity index (χ1v) is 6.08. The number of halogens is 2. The van der Waals surface area contributed by atoms with Gasteiger partial charge in [0.25, 0.3) is 10.0 Å². The lowest BCUT2D eigenvalue weighted by Gasteiger charge is -2.04. The van der Waals surface area contributed by atoms with E-state index in [1.807, 2.05) is 0 Å². The molecule has 6 nitrogen and oxygen atoms in total. The Morgan fingerprint density at radius 2 is 1.94 bits per heavy atom. The molecule has 0 saturated heterocycles. The molecule has 0 aliphatic heterocycles. The molecule has 6 N–H and O–H groups in total. The van der Waals surface area contributed by atoms with Crippen LogP contribution in [-0.2, 0) is 10.0 Å². The van der Waals surface area contributed by atoms with Crippen molar-refractivity contribution in [2.24, 2.45) is 15.9 Å². The quantitative estimate of drug-likeness (QED) is 0.407. The molecule has 0 amide bonds. The monoisotopic (exact) mass is 310 g/mol. The van der Waals surface area contributed by atoms with Crippen molar-refractivity contribution in [2.45, 2.75) is 4.90 Å². The van der Waals surface area contributed by atoms with Crippen molar-refractivity contribution in [1.82, 2.24) is 0 Å². The number of benzene rings is 1. The molecule has 9 heteroatoms. The lowest BCUT2D eigenvalue weighted by molar-refractivity contribution is 0.565. The summed E-state index contributed by atoms with van der Waals surface area (Å²) < 4.78 is 39.4. The van der Waals surface area contributed by atoms with Crippen molar-refractivity contribution in [3.63, 3.8) is 0 Å². The van der Waals surface area contributed by atoms with Crippen molar-refractivity contribution in [1.29, 1.82) is 0 Å². The van der Waals surface area contributed by atoms with Gasteiger partial charge in [0.1, 0.15) is 4.90 Å². The van der Waals surface area contributed by atoms with Crippen LogP contribution in [0.5, 0.6) is 0 Å². The average molecular weight is 311 g/mol. The standard InChI is InChI=1S/C7H8BrFN4O2S/c8-4-1-3(10)2-5(6(4)9)16(14,15)13-7(11)12/h1-2H,10H2,(H4,11,12,13). The zero-order chi connectivity index (χ0) is 12.5. The summed E-state index contributed by atoms with van der Waals surface area (Å²) in [6, 6.07) is 2.16. The van der Waals surface area contributed by atoms with E-state index in [-0.39, 0.29) is 10.2 Å². The minimum atomic E-state index is -4.28. The lowest BCUT2D eigenvalue weighted by atomic mass is 10.3. The summed E-state index contributed by atoms with van der Waals surface area (Å²) in [7, 11) is -4.28. The van der Waals surface area contributed by atoms with Crippen LogP contribution in [0.4, 0.5) is 10.1 Å². The van der Waals surface area contributed by atoms with E-state index in [9.17, 15) is 12.8 Å². The Hall–Kier alpha value is -1.35. The van der Waals surface area contributed by atoms with Crippen molar-refractivity contribution in [2.75, 3.05) is 5.73 Å². The Kier molecular flexibility index (Phi) is 3.38. The van der Waals surface area contributed by atoms with E-state index in [0.29, 0.717) is 0 Å². The zero-order valence-corrected chi connectivity index (χ0v) is 10.2. The number of anilines is 1. The van der Waals surface area contributed by atoms with Gasteiger partial charge >= 0.3 is 0 Å². The van der Waals surface area contributed by atoms with Crippen LogP contribution in [0.25, 0.3) is 0 Å². The molecule has 0 radical (unpaired) electrons. The smallest absolute Gasteiger partial charge is 0.288 e. The molecule has 0 atom stereocenters. The minimum absolute atomic E-state index is 0.0673. The third-order valence-corrected chi connectivity index (χ3v) is 3.40. The molecule has 1 aromatic carbocycles. The maximum absolute atomic E-state index is 13.5. The zero-order valence-electron chi connectivity index (χ0n) is 7.81. The van der Waals surface area contributed by atoms with Gasteiger partial charge in [-0.1, -0.05) is 0 Å². The van der Waals surface area contributed by atoms with Gasteiger partial charge in [0, 0.05) is 5.69 Å². The Morgan fingerprint density at radius 3 is 2.44 bits per heavy atom. The minimum Gasteiger partial charge on any atom is -0.399 e. The first-order valence-electron chi connectivity index (χ1n) is 3.84. The fourth-order valence-electron chi connectivity index (χ4n) is 0.959. The topological polar surface area (TPSA) is 125 Å². The van der Waals surface area contributed by atoms with Crippen molar-refractivity contribution >= 4 is 37.6 Å². The average Bonchev–Trinajstić information content (AvgIpc) is 2.08. The molecule has 0 heterocycles. The van der Waals surface area contributed by atoms with E-state index in [1.54, 1.807) is 0 Å². The Labute approximate surface area is 99.5 Å². The number of nitrogens with two attached hydrogens (primary N) is 3. The van der Waals surface area contributed by atoms with Crippen molar-refractivity contribution < 1.29 is 12.8 Å². The Morgan fingerprint density at radius 1 is 1.38 bits per heavy atom. The predicted molar refractivity (Wildman–Crippen MR) is 61.5 cm³/mol. The molecular formula is C7H8BrFN4O2S. The molecule has 0 saturated carbocycles. The number of nitrogen functional groups attached to an aromatic ring is 1. The molecule has 0 fully saturated rings. The molecular weight excluding hydrogens is 303 g/mol. The van der Waals surface area contributed by atoms with Gasteiger partial charge in [0.05, 0.1) is 4.47 Å². The van der Waals surface area contributed by atoms with Gasteiger partial charge < -0.3 is 17.2 Å².